The summed E-state index contributed by atoms with van der Waals surface area (Å²) in [7, 11) is 0. The molecule has 0 aromatic heterocycles. The molecule has 0 spiro atoms. The Morgan fingerprint density at radius 1 is 1.41 bits per heavy atom. The fourth-order valence-corrected chi connectivity index (χ4v) is 1.38. The number of ether oxygens (including phenoxy) is 1. The second-order valence-electron chi connectivity index (χ2n) is 3.39. The first-order valence-corrected chi connectivity index (χ1v) is 5.16. The molecule has 1 heterocycles. The second kappa shape index (κ2) is 8.37. The zero-order valence-corrected chi connectivity index (χ0v) is 12.2. The van der Waals surface area contributed by atoms with Crippen LogP contribution in [0.15, 0.2) is 5.28 Å². The van der Waals surface area contributed by atoms with E-state index in [0.717, 1.165) is 6.42 Å². The van der Waals surface area contributed by atoms with Crippen LogP contribution in [-0.4, -0.2) is 53.8 Å². The van der Waals surface area contributed by atoms with E-state index >= 15 is 0 Å². The summed E-state index contributed by atoms with van der Waals surface area (Å²) in [6.07, 6.45) is 0.396. The molecule has 0 aromatic carbocycles. The van der Waals surface area contributed by atoms with Gasteiger partial charge in [-0.25, -0.2) is 4.79 Å². The maximum atomic E-state index is 11.4. The van der Waals surface area contributed by atoms with Gasteiger partial charge in [-0.3, -0.25) is 0 Å². The summed E-state index contributed by atoms with van der Waals surface area (Å²) in [4.78, 5) is 12.9. The van der Waals surface area contributed by atoms with Gasteiger partial charge >= 0.3 is 35.7 Å². The molecule has 92 valence electrons. The molecule has 0 radical (unpaired) electrons. The fraction of sp³-hybridized carbons (Fsp3) is 0.875. The topological polar surface area (TPSA) is 94.3 Å². The van der Waals surface area contributed by atoms with Crippen LogP contribution in [0.4, 0.5) is 4.79 Å². The van der Waals surface area contributed by atoms with E-state index in [-0.39, 0.29) is 53.7 Å². The molecule has 1 amide bonds. The predicted molar refractivity (Wildman–Crippen MR) is 54.2 cm³/mol. The van der Waals surface area contributed by atoms with Crippen molar-refractivity contribution in [2.24, 2.45) is 5.28 Å². The Balaban J connectivity index is 0.00000256. The van der Waals surface area contributed by atoms with Gasteiger partial charge in [0.05, 0.1) is 19.7 Å². The third kappa shape index (κ3) is 4.97. The Labute approximate surface area is 122 Å². The van der Waals surface area contributed by atoms with E-state index < -0.39 is 0 Å². The van der Waals surface area contributed by atoms with Gasteiger partial charge in [-0.15, -0.1) is 5.01 Å². The fourth-order valence-electron chi connectivity index (χ4n) is 1.38. The van der Waals surface area contributed by atoms with Crippen LogP contribution in [0.25, 0.3) is 0 Å². The summed E-state index contributed by atoms with van der Waals surface area (Å²) in [5.41, 5.74) is 0. The number of carbonyl (C=O) groups excluding carboxylic acids is 1. The third-order valence-electron chi connectivity index (χ3n) is 2.26. The summed E-state index contributed by atoms with van der Waals surface area (Å²) in [6, 6.07) is 0. The molecule has 1 aliphatic heterocycles. The SMILES string of the molecule is CCCOC(=O)N1CCN(/[N+]([O-])=N/[O-])CC1.[Na+]. The van der Waals surface area contributed by atoms with Crippen molar-refractivity contribution in [1.82, 2.24) is 9.91 Å². The van der Waals surface area contributed by atoms with Crippen molar-refractivity contribution in [3.8, 4) is 0 Å². The first-order chi connectivity index (χ1) is 7.69. The van der Waals surface area contributed by atoms with E-state index in [1.807, 2.05) is 6.92 Å². The third-order valence-corrected chi connectivity index (χ3v) is 2.26. The van der Waals surface area contributed by atoms with Crippen molar-refractivity contribution in [3.63, 3.8) is 0 Å². The van der Waals surface area contributed by atoms with E-state index in [1.54, 1.807) is 0 Å². The molecular formula is C8H15N4NaO4. The molecule has 0 N–H and O–H groups in total. The normalized spacial score (nSPS) is 16.4. The number of hydrogen-bond donors (Lipinski definition) is 0. The maximum Gasteiger partial charge on any atom is 1.00 e. The molecule has 0 atom stereocenters. The number of piperazine rings is 1. The number of nitrogens with zero attached hydrogens (tertiary/aromatic N) is 4. The first kappa shape index (κ1) is 16.3. The van der Waals surface area contributed by atoms with Gasteiger partial charge in [0.25, 0.3) is 0 Å². The van der Waals surface area contributed by atoms with Crippen molar-refractivity contribution in [3.05, 3.63) is 10.4 Å². The van der Waals surface area contributed by atoms with Crippen LogP contribution < -0.4 is 29.6 Å². The monoisotopic (exact) mass is 254 g/mol. The summed E-state index contributed by atoms with van der Waals surface area (Å²) >= 11 is 0. The minimum atomic E-state index is -0.377. The van der Waals surface area contributed by atoms with Crippen molar-refractivity contribution < 1.29 is 44.1 Å². The van der Waals surface area contributed by atoms with Gasteiger partial charge in [0, 0.05) is 18.1 Å². The van der Waals surface area contributed by atoms with Crippen LogP contribution in [0.5, 0.6) is 0 Å². The Bertz CT molecular complexity index is 268. The first-order valence-electron chi connectivity index (χ1n) is 5.16. The summed E-state index contributed by atoms with van der Waals surface area (Å²) in [6.45, 7) is 3.60. The van der Waals surface area contributed by atoms with E-state index in [4.69, 9.17) is 4.74 Å². The van der Waals surface area contributed by atoms with Crippen LogP contribution in [0, 0.1) is 10.4 Å². The average molecular weight is 254 g/mol. The van der Waals surface area contributed by atoms with Crippen LogP contribution in [0.1, 0.15) is 13.3 Å². The zero-order chi connectivity index (χ0) is 12.0. The largest absolute Gasteiger partial charge is 1.00 e. The molecule has 1 rings (SSSR count). The number of amides is 1. The zero-order valence-electron chi connectivity index (χ0n) is 10.2. The summed E-state index contributed by atoms with van der Waals surface area (Å²) < 4.78 is 4.94. The van der Waals surface area contributed by atoms with E-state index in [9.17, 15) is 15.2 Å². The molecule has 9 heteroatoms. The Kier molecular flexibility index (Phi) is 8.01. The van der Waals surface area contributed by atoms with Gasteiger partial charge in [0.2, 0.25) is 0 Å². The molecule has 0 bridgehead atoms. The quantitative estimate of drug-likeness (QED) is 0.241. The minimum Gasteiger partial charge on any atom is -0.737 e. The molecule has 0 aliphatic carbocycles. The van der Waals surface area contributed by atoms with Gasteiger partial charge in [-0.2, -0.15) is 0 Å². The molecule has 1 aliphatic rings. The minimum absolute atomic E-state index is 0. The van der Waals surface area contributed by atoms with Crippen molar-refractivity contribution in [2.75, 3.05) is 32.8 Å². The molecule has 1 saturated heterocycles. The summed E-state index contributed by atoms with van der Waals surface area (Å²) in [5, 5.41) is 24.3. The molecule has 0 saturated carbocycles. The Hall–Kier alpha value is -0.730. The van der Waals surface area contributed by atoms with Crippen molar-refractivity contribution in [1.29, 1.82) is 0 Å². The van der Waals surface area contributed by atoms with Gasteiger partial charge < -0.3 is 20.1 Å². The van der Waals surface area contributed by atoms with E-state index in [2.05, 4.69) is 5.28 Å². The number of carbonyl (C=O) groups is 1. The molecule has 1 fully saturated rings. The molecule has 0 aromatic rings. The van der Waals surface area contributed by atoms with Gasteiger partial charge in [-0.05, 0) is 11.7 Å². The van der Waals surface area contributed by atoms with Crippen molar-refractivity contribution in [2.45, 2.75) is 13.3 Å². The van der Waals surface area contributed by atoms with E-state index in [0.29, 0.717) is 19.7 Å². The van der Waals surface area contributed by atoms with Gasteiger partial charge in [0.15, 0.2) is 0 Å². The standard InChI is InChI=1S/C8H16N4O4.Na/c1-2-7-16-8(13)10-3-5-11(6-4-10)12(15)9-14;/h14H,2-7H2,1H3;/q;+1/p-1/b12-9-;. The molecular weight excluding hydrogens is 239 g/mol. The Morgan fingerprint density at radius 3 is 2.47 bits per heavy atom. The molecule has 17 heavy (non-hydrogen) atoms. The molecule has 8 nitrogen and oxygen atoms in total. The second-order valence-corrected chi connectivity index (χ2v) is 3.39. The smallest absolute Gasteiger partial charge is 0.737 e. The van der Waals surface area contributed by atoms with Gasteiger partial charge in [0.1, 0.15) is 0 Å². The van der Waals surface area contributed by atoms with Gasteiger partial charge in [-0.1, -0.05) is 6.92 Å². The van der Waals surface area contributed by atoms with Crippen LogP contribution in [0.2, 0.25) is 0 Å². The Morgan fingerprint density at radius 2 is 2.00 bits per heavy atom. The summed E-state index contributed by atoms with van der Waals surface area (Å²) in [5.74, 6) is 0. The number of hydrogen-bond acceptors (Lipinski definition) is 5. The predicted octanol–water partition coefficient (Wildman–Crippen LogP) is -2.47. The number of hydrazine groups is 1. The molecule has 0 unspecified atom stereocenters. The van der Waals surface area contributed by atoms with E-state index in [1.165, 1.54) is 9.91 Å². The van der Waals surface area contributed by atoms with Crippen molar-refractivity contribution >= 4 is 6.09 Å². The van der Waals surface area contributed by atoms with Crippen LogP contribution in [0.3, 0.4) is 0 Å². The van der Waals surface area contributed by atoms with Crippen LogP contribution in [-0.2, 0) is 4.74 Å². The maximum absolute atomic E-state index is 11.4. The number of rotatable bonds is 3. The average Bonchev–Trinajstić information content (AvgIpc) is 2.35. The van der Waals surface area contributed by atoms with Crippen LogP contribution >= 0.6 is 0 Å².